The van der Waals surface area contributed by atoms with E-state index in [0.29, 0.717) is 5.75 Å². The van der Waals surface area contributed by atoms with E-state index in [4.69, 9.17) is 0 Å². The summed E-state index contributed by atoms with van der Waals surface area (Å²) in [4.78, 5) is 12.5. The molecule has 1 heterocycles. The predicted octanol–water partition coefficient (Wildman–Crippen LogP) is 4.69. The van der Waals surface area contributed by atoms with Gasteiger partial charge in [0.2, 0.25) is 5.91 Å². The van der Waals surface area contributed by atoms with Gasteiger partial charge in [0.05, 0.1) is 11.8 Å². The van der Waals surface area contributed by atoms with E-state index in [0.717, 1.165) is 27.7 Å². The van der Waals surface area contributed by atoms with Crippen molar-refractivity contribution in [3.8, 4) is 11.4 Å². The van der Waals surface area contributed by atoms with Crippen LogP contribution in [0, 0.1) is 27.7 Å². The van der Waals surface area contributed by atoms with Crippen LogP contribution in [0.25, 0.3) is 11.4 Å². The zero-order chi connectivity index (χ0) is 21.1. The molecule has 1 unspecified atom stereocenters. The molecule has 0 spiro atoms. The van der Waals surface area contributed by atoms with Crippen molar-refractivity contribution in [1.82, 2.24) is 20.1 Å². The van der Waals surface area contributed by atoms with E-state index in [-0.39, 0.29) is 11.9 Å². The number of hydrogen-bond acceptors (Lipinski definition) is 4. The lowest BCUT2D eigenvalue weighted by atomic mass is 9.96. The summed E-state index contributed by atoms with van der Waals surface area (Å²) in [5.41, 5.74) is 7.07. The molecule has 1 atom stereocenters. The Bertz CT molecular complexity index is 1040. The fourth-order valence-corrected chi connectivity index (χ4v) is 4.16. The van der Waals surface area contributed by atoms with Gasteiger partial charge < -0.3 is 9.88 Å². The molecule has 1 amide bonds. The number of amides is 1. The molecule has 0 bridgehead atoms. The summed E-state index contributed by atoms with van der Waals surface area (Å²) in [5.74, 6) is 1.10. The number of hydrogen-bond donors (Lipinski definition) is 1. The van der Waals surface area contributed by atoms with Crippen LogP contribution in [-0.2, 0) is 11.8 Å². The van der Waals surface area contributed by atoms with Crippen molar-refractivity contribution in [3.05, 3.63) is 64.2 Å². The van der Waals surface area contributed by atoms with Crippen molar-refractivity contribution in [2.75, 3.05) is 5.75 Å². The largest absolute Gasteiger partial charge is 0.349 e. The monoisotopic (exact) mass is 408 g/mol. The Kier molecular flexibility index (Phi) is 6.42. The summed E-state index contributed by atoms with van der Waals surface area (Å²) < 4.78 is 1.94. The minimum absolute atomic E-state index is 0.0134. The third-order valence-electron chi connectivity index (χ3n) is 5.28. The van der Waals surface area contributed by atoms with E-state index < -0.39 is 0 Å². The SMILES string of the molecule is Cc1cc(C)c(C(C)NC(=O)CSc2nnc(-c3ccccc3C)n2C)cc1C. The van der Waals surface area contributed by atoms with Gasteiger partial charge in [0, 0.05) is 12.6 Å². The topological polar surface area (TPSA) is 59.8 Å². The molecule has 0 saturated carbocycles. The Labute approximate surface area is 176 Å². The third-order valence-corrected chi connectivity index (χ3v) is 6.30. The molecule has 0 aliphatic heterocycles. The van der Waals surface area contributed by atoms with Crippen LogP contribution in [0.1, 0.15) is 40.8 Å². The molecule has 3 rings (SSSR count). The number of benzene rings is 2. The van der Waals surface area contributed by atoms with E-state index in [1.54, 1.807) is 0 Å². The fraction of sp³-hybridized carbons (Fsp3) is 0.348. The van der Waals surface area contributed by atoms with Crippen LogP contribution >= 0.6 is 11.8 Å². The maximum Gasteiger partial charge on any atom is 0.230 e. The number of rotatable bonds is 6. The minimum atomic E-state index is -0.0376. The van der Waals surface area contributed by atoms with Gasteiger partial charge in [-0.05, 0) is 62.4 Å². The first kappa shape index (κ1) is 21.1. The van der Waals surface area contributed by atoms with Crippen molar-refractivity contribution in [1.29, 1.82) is 0 Å². The van der Waals surface area contributed by atoms with Crippen molar-refractivity contribution in [2.24, 2.45) is 7.05 Å². The fourth-order valence-electron chi connectivity index (χ4n) is 3.44. The number of thioether (sulfide) groups is 1. The van der Waals surface area contributed by atoms with Gasteiger partial charge in [-0.2, -0.15) is 0 Å². The Morgan fingerprint density at radius 2 is 1.72 bits per heavy atom. The lowest BCUT2D eigenvalue weighted by molar-refractivity contribution is -0.119. The molecule has 6 heteroatoms. The van der Waals surface area contributed by atoms with Gasteiger partial charge in [-0.15, -0.1) is 10.2 Å². The molecule has 1 N–H and O–H groups in total. The highest BCUT2D eigenvalue weighted by Crippen LogP contribution is 2.25. The number of aryl methyl sites for hydroxylation is 4. The smallest absolute Gasteiger partial charge is 0.230 e. The molecule has 152 valence electrons. The summed E-state index contributed by atoms with van der Waals surface area (Å²) in [5, 5.41) is 12.4. The highest BCUT2D eigenvalue weighted by Gasteiger charge is 2.16. The van der Waals surface area contributed by atoms with Crippen molar-refractivity contribution >= 4 is 17.7 Å². The molecule has 29 heavy (non-hydrogen) atoms. The van der Waals surface area contributed by atoms with Crippen LogP contribution in [0.2, 0.25) is 0 Å². The first-order valence-corrected chi connectivity index (χ1v) is 10.7. The highest BCUT2D eigenvalue weighted by molar-refractivity contribution is 7.99. The average Bonchev–Trinajstić information content (AvgIpc) is 3.03. The summed E-state index contributed by atoms with van der Waals surface area (Å²) in [6, 6.07) is 12.4. The number of aromatic nitrogens is 3. The highest BCUT2D eigenvalue weighted by atomic mass is 32.2. The molecular weight excluding hydrogens is 380 g/mol. The molecule has 3 aromatic rings. The Morgan fingerprint density at radius 3 is 2.45 bits per heavy atom. The second kappa shape index (κ2) is 8.82. The van der Waals surface area contributed by atoms with Gasteiger partial charge in [-0.1, -0.05) is 48.2 Å². The van der Waals surface area contributed by atoms with Crippen LogP contribution in [-0.4, -0.2) is 26.4 Å². The van der Waals surface area contributed by atoms with Gasteiger partial charge in [0.1, 0.15) is 0 Å². The molecule has 5 nitrogen and oxygen atoms in total. The number of nitrogens with one attached hydrogen (secondary N) is 1. The van der Waals surface area contributed by atoms with Gasteiger partial charge >= 0.3 is 0 Å². The molecule has 0 aliphatic carbocycles. The summed E-state index contributed by atoms with van der Waals surface area (Å²) in [6.45, 7) is 10.4. The zero-order valence-corrected chi connectivity index (χ0v) is 18.7. The molecular formula is C23H28N4OS. The predicted molar refractivity (Wildman–Crippen MR) is 119 cm³/mol. The molecule has 0 aliphatic rings. The lowest BCUT2D eigenvalue weighted by Gasteiger charge is -2.18. The van der Waals surface area contributed by atoms with Crippen LogP contribution in [0.5, 0.6) is 0 Å². The second-order valence-electron chi connectivity index (χ2n) is 7.55. The van der Waals surface area contributed by atoms with Gasteiger partial charge in [-0.3, -0.25) is 4.79 Å². The van der Waals surface area contributed by atoms with Gasteiger partial charge in [0.15, 0.2) is 11.0 Å². The molecule has 2 aromatic carbocycles. The second-order valence-corrected chi connectivity index (χ2v) is 8.49. The van der Waals surface area contributed by atoms with Gasteiger partial charge in [0.25, 0.3) is 0 Å². The third kappa shape index (κ3) is 4.70. The van der Waals surface area contributed by atoms with Crippen LogP contribution < -0.4 is 5.32 Å². The Balaban J connectivity index is 1.64. The summed E-state index contributed by atoms with van der Waals surface area (Å²) in [7, 11) is 1.93. The maximum absolute atomic E-state index is 12.5. The minimum Gasteiger partial charge on any atom is -0.349 e. The quantitative estimate of drug-likeness (QED) is 0.602. The first-order valence-electron chi connectivity index (χ1n) is 9.73. The number of carbonyl (C=O) groups is 1. The van der Waals surface area contributed by atoms with E-state index in [2.05, 4.69) is 61.4 Å². The van der Waals surface area contributed by atoms with Crippen LogP contribution in [0.3, 0.4) is 0 Å². The normalized spacial score (nSPS) is 12.1. The molecule has 0 radical (unpaired) electrons. The van der Waals surface area contributed by atoms with Crippen molar-refractivity contribution in [2.45, 2.75) is 45.8 Å². The first-order chi connectivity index (χ1) is 13.8. The van der Waals surface area contributed by atoms with Crippen LogP contribution in [0.15, 0.2) is 41.6 Å². The standard InChI is InChI=1S/C23H28N4OS/c1-14-9-7-8-10-19(14)22-25-26-23(27(22)6)29-13-21(28)24-18(5)20-12-16(3)15(2)11-17(20)4/h7-12,18H,13H2,1-6H3,(H,24,28). The molecule has 1 aromatic heterocycles. The van der Waals surface area contributed by atoms with E-state index >= 15 is 0 Å². The van der Waals surface area contributed by atoms with Crippen LogP contribution in [0.4, 0.5) is 0 Å². The zero-order valence-electron chi connectivity index (χ0n) is 17.9. The van der Waals surface area contributed by atoms with E-state index in [1.807, 2.05) is 36.7 Å². The molecule has 0 saturated heterocycles. The number of nitrogens with zero attached hydrogens (tertiary/aromatic N) is 3. The number of carbonyl (C=O) groups excluding carboxylic acids is 1. The average molecular weight is 409 g/mol. The van der Waals surface area contributed by atoms with Crippen molar-refractivity contribution in [3.63, 3.8) is 0 Å². The Morgan fingerprint density at radius 1 is 1.03 bits per heavy atom. The maximum atomic E-state index is 12.5. The lowest BCUT2D eigenvalue weighted by Crippen LogP contribution is -2.28. The summed E-state index contributed by atoms with van der Waals surface area (Å²) >= 11 is 1.40. The molecule has 0 fully saturated rings. The Hall–Kier alpha value is -2.60. The summed E-state index contributed by atoms with van der Waals surface area (Å²) in [6.07, 6.45) is 0. The van der Waals surface area contributed by atoms with E-state index in [1.165, 1.54) is 28.5 Å². The van der Waals surface area contributed by atoms with Crippen molar-refractivity contribution < 1.29 is 4.79 Å². The van der Waals surface area contributed by atoms with Gasteiger partial charge in [-0.25, -0.2) is 0 Å². The van der Waals surface area contributed by atoms with E-state index in [9.17, 15) is 4.79 Å².